The van der Waals surface area contributed by atoms with Gasteiger partial charge in [-0.2, -0.15) is 23.6 Å². The number of fused-ring (bicyclic) bond motifs is 2. The van der Waals surface area contributed by atoms with Crippen LogP contribution in [0.5, 0.6) is 0 Å². The zero-order valence-electron chi connectivity index (χ0n) is 20.8. The maximum Gasteiger partial charge on any atom is -0.0809 e. The summed E-state index contributed by atoms with van der Waals surface area (Å²) in [6.45, 7) is 4.61. The van der Waals surface area contributed by atoms with Gasteiger partial charge in [0, 0.05) is 0 Å². The fourth-order valence-corrected chi connectivity index (χ4v) is 6.81. The van der Waals surface area contributed by atoms with Crippen LogP contribution < -0.4 is 5.30 Å². The summed E-state index contributed by atoms with van der Waals surface area (Å²) in [4.78, 5) is 0. The molecule has 0 bridgehead atoms. The number of hydrogen-bond acceptors (Lipinski definition) is 0. The molecule has 4 aromatic carbocycles. The largest absolute Gasteiger partial charge is 0.168 e. The van der Waals surface area contributed by atoms with Gasteiger partial charge in [-0.15, -0.1) is 70.0 Å². The smallest absolute Gasteiger partial charge is 0.0809 e. The predicted molar refractivity (Wildman–Crippen MR) is 155 cm³/mol. The Bertz CT molecular complexity index is 947. The number of unbranched alkanes of at least 4 members (excludes halogenated alkanes) is 6. The molecule has 4 rings (SSSR count). The van der Waals surface area contributed by atoms with Gasteiger partial charge in [0.15, 0.2) is 0 Å². The normalized spacial score (nSPS) is 10.6. The van der Waals surface area contributed by atoms with Crippen LogP contribution in [0.2, 0.25) is 0 Å². The van der Waals surface area contributed by atoms with Crippen LogP contribution in [0.3, 0.4) is 0 Å². The van der Waals surface area contributed by atoms with Crippen molar-refractivity contribution in [3.63, 3.8) is 0 Å². The van der Waals surface area contributed by atoms with E-state index in [-0.39, 0.29) is 7.92 Å². The molecule has 0 unspecified atom stereocenters. The van der Waals surface area contributed by atoms with E-state index in [1.54, 1.807) is 5.30 Å². The average molecular weight is 549 g/mol. The molecular weight excluding hydrogens is 510 g/mol. The van der Waals surface area contributed by atoms with E-state index in [9.17, 15) is 0 Å². The second kappa shape index (κ2) is 18.6. The standard InChI is InChI=1S/C21H32P.C9H7.2ClH.Ti/c1-3-5-7-11-15-22(16-12-8-6-4-2)21-17-19-13-9-10-14-20(19)18-21;1-2-5-9-7-3-6-8(9)4-1;;;/h9-10,13-14,17-18H,3-8,11-12,15-16H2,1-2H3;1-7H;2*1H;/q2*-1;;;+2/p-2. The van der Waals surface area contributed by atoms with Crippen molar-refractivity contribution < 1.29 is 17.0 Å². The third kappa shape index (κ3) is 11.0. The Hall–Kier alpha value is -0.616. The van der Waals surface area contributed by atoms with Crippen molar-refractivity contribution in [2.45, 2.75) is 65.2 Å². The van der Waals surface area contributed by atoms with Gasteiger partial charge in [-0.05, 0) is 25.2 Å². The van der Waals surface area contributed by atoms with Crippen LogP contribution in [0, 0.1) is 0 Å². The first-order valence-electron chi connectivity index (χ1n) is 12.7. The van der Waals surface area contributed by atoms with Gasteiger partial charge in [-0.25, -0.2) is 0 Å². The van der Waals surface area contributed by atoms with Crippen molar-refractivity contribution >= 4 is 53.4 Å². The quantitative estimate of drug-likeness (QED) is 0.0756. The molecule has 0 fully saturated rings. The zero-order chi connectivity index (χ0) is 24.4. The van der Waals surface area contributed by atoms with Crippen LogP contribution in [0.1, 0.15) is 65.2 Å². The monoisotopic (exact) mass is 548 g/mol. The van der Waals surface area contributed by atoms with Gasteiger partial charge in [-0.1, -0.05) is 72.4 Å². The minimum atomic E-state index is -0.556. The second-order valence-corrected chi connectivity index (χ2v) is 13.7. The van der Waals surface area contributed by atoms with Gasteiger partial charge >= 0.3 is 35.6 Å². The molecule has 0 aromatic heterocycles. The summed E-state index contributed by atoms with van der Waals surface area (Å²) < 4.78 is 0. The summed E-state index contributed by atoms with van der Waals surface area (Å²) in [6.07, 6.45) is 14.1. The molecule has 0 aliphatic rings. The summed E-state index contributed by atoms with van der Waals surface area (Å²) in [5, 5.41) is 7.19. The summed E-state index contributed by atoms with van der Waals surface area (Å²) in [7, 11) is 9.84. The van der Waals surface area contributed by atoms with Crippen molar-refractivity contribution in [2.24, 2.45) is 0 Å². The molecule has 0 aliphatic heterocycles. The van der Waals surface area contributed by atoms with Gasteiger partial charge in [0.1, 0.15) is 0 Å². The van der Waals surface area contributed by atoms with Gasteiger partial charge in [0.05, 0.1) is 0 Å². The second-order valence-electron chi connectivity index (χ2n) is 8.68. The number of benzene rings is 2. The Morgan fingerprint density at radius 3 is 1.82 bits per heavy atom. The molecule has 0 heterocycles. The predicted octanol–water partition coefficient (Wildman–Crippen LogP) is 10.8. The number of halogens is 2. The molecule has 0 radical (unpaired) electrons. The van der Waals surface area contributed by atoms with Gasteiger partial charge in [0.2, 0.25) is 0 Å². The summed E-state index contributed by atoms with van der Waals surface area (Å²) in [5.74, 6) is 0. The summed E-state index contributed by atoms with van der Waals surface area (Å²) in [6, 6.07) is 28.5. The minimum absolute atomic E-state index is 0.0642. The van der Waals surface area contributed by atoms with E-state index in [0.29, 0.717) is 0 Å². The first kappa shape index (κ1) is 29.6. The zero-order valence-corrected chi connectivity index (χ0v) is 24.7. The third-order valence-electron chi connectivity index (χ3n) is 6.08. The summed E-state index contributed by atoms with van der Waals surface area (Å²) in [5.41, 5.74) is 0. The van der Waals surface area contributed by atoms with E-state index in [2.05, 4.69) is 92.7 Å². The first-order chi connectivity index (χ1) is 16.7. The van der Waals surface area contributed by atoms with Crippen LogP contribution in [-0.2, 0) is 17.0 Å². The fraction of sp³-hybridized carbons (Fsp3) is 0.400. The Morgan fingerprint density at radius 2 is 1.26 bits per heavy atom. The Kier molecular flexibility index (Phi) is 16.2. The van der Waals surface area contributed by atoms with E-state index >= 15 is 0 Å². The Balaban J connectivity index is 0.000000278. The Morgan fingerprint density at radius 1 is 0.706 bits per heavy atom. The van der Waals surface area contributed by atoms with Gasteiger partial charge < -0.3 is 0 Å². The van der Waals surface area contributed by atoms with E-state index < -0.39 is 17.0 Å². The molecule has 0 saturated heterocycles. The minimum Gasteiger partial charge on any atom is -0.168 e. The van der Waals surface area contributed by atoms with Crippen LogP contribution in [0.15, 0.2) is 78.9 Å². The molecule has 184 valence electrons. The first-order valence-corrected chi connectivity index (χ1v) is 18.7. The third-order valence-corrected chi connectivity index (χ3v) is 8.78. The number of rotatable bonds is 11. The van der Waals surface area contributed by atoms with Crippen LogP contribution >= 0.6 is 26.5 Å². The van der Waals surface area contributed by atoms with Gasteiger partial charge in [0.25, 0.3) is 0 Å². The molecule has 0 amide bonds. The molecule has 4 heteroatoms. The van der Waals surface area contributed by atoms with Crippen molar-refractivity contribution in [3.8, 4) is 0 Å². The van der Waals surface area contributed by atoms with Crippen LogP contribution in [0.4, 0.5) is 0 Å². The average Bonchev–Trinajstić information content (AvgIpc) is 3.51. The molecule has 0 aliphatic carbocycles. The fourth-order valence-electron chi connectivity index (χ4n) is 4.22. The van der Waals surface area contributed by atoms with E-state index in [0.717, 1.165) is 0 Å². The molecule has 0 atom stereocenters. The van der Waals surface area contributed by atoms with E-state index in [1.807, 2.05) is 0 Å². The maximum absolute atomic E-state index is 4.89. The Labute approximate surface area is 225 Å². The maximum atomic E-state index is 4.89. The van der Waals surface area contributed by atoms with Crippen molar-refractivity contribution in [1.82, 2.24) is 0 Å². The van der Waals surface area contributed by atoms with Crippen molar-refractivity contribution in [2.75, 3.05) is 12.3 Å². The van der Waals surface area contributed by atoms with Crippen molar-refractivity contribution in [3.05, 3.63) is 78.9 Å². The SMILES string of the molecule is CCCCCCP(CCCCCC)c1cc2ccccc2[cH-]1.[Cl][Ti][Cl].c1ccc2[cH-]ccc2c1. The van der Waals surface area contributed by atoms with Crippen LogP contribution in [0.25, 0.3) is 21.5 Å². The van der Waals surface area contributed by atoms with E-state index in [1.165, 1.54) is 85.2 Å². The molecule has 0 saturated carbocycles. The molecular formula is C30H39Cl2PTi-2. The van der Waals surface area contributed by atoms with Crippen LogP contribution in [-0.4, -0.2) is 12.3 Å². The van der Waals surface area contributed by atoms with E-state index in [4.69, 9.17) is 18.6 Å². The number of hydrogen-bond donors (Lipinski definition) is 0. The molecule has 34 heavy (non-hydrogen) atoms. The molecule has 0 spiro atoms. The molecule has 0 N–H and O–H groups in total. The van der Waals surface area contributed by atoms with Crippen molar-refractivity contribution in [1.29, 1.82) is 0 Å². The molecule has 0 nitrogen and oxygen atoms in total. The topological polar surface area (TPSA) is 0 Å². The summed E-state index contributed by atoms with van der Waals surface area (Å²) >= 11 is -0.556. The van der Waals surface area contributed by atoms with Gasteiger partial charge in [-0.3, -0.25) is 0 Å². The molecule has 4 aromatic rings.